The number of anilines is 1. The molecule has 1 fully saturated rings. The van der Waals surface area contributed by atoms with Crippen LogP contribution in [0.15, 0.2) is 41.4 Å². The van der Waals surface area contributed by atoms with Crippen molar-refractivity contribution in [3.05, 3.63) is 42.1 Å². The molecule has 0 radical (unpaired) electrons. The maximum absolute atomic E-state index is 13.2. The Morgan fingerprint density at radius 2 is 1.89 bits per heavy atom. The van der Waals surface area contributed by atoms with Gasteiger partial charge < -0.3 is 9.47 Å². The van der Waals surface area contributed by atoms with E-state index in [1.165, 1.54) is 21.3 Å². The maximum Gasteiger partial charge on any atom is 0.243 e. The van der Waals surface area contributed by atoms with E-state index in [1.54, 1.807) is 19.3 Å². The lowest BCUT2D eigenvalue weighted by molar-refractivity contribution is -0.122. The molecule has 27 heavy (non-hydrogen) atoms. The summed E-state index contributed by atoms with van der Waals surface area (Å²) in [5.74, 6) is 0.844. The minimum Gasteiger partial charge on any atom is -0.454 e. The second kappa shape index (κ2) is 5.67. The van der Waals surface area contributed by atoms with Crippen LogP contribution >= 0.6 is 0 Å². The third-order valence-electron chi connectivity index (χ3n) is 5.45. The Morgan fingerprint density at radius 1 is 1.11 bits per heavy atom. The third kappa shape index (κ3) is 2.35. The van der Waals surface area contributed by atoms with Crippen LogP contribution in [0.25, 0.3) is 0 Å². The van der Waals surface area contributed by atoms with Crippen molar-refractivity contribution in [1.29, 1.82) is 0 Å². The van der Waals surface area contributed by atoms with E-state index in [2.05, 4.69) is 4.98 Å². The van der Waals surface area contributed by atoms with Crippen LogP contribution in [0.1, 0.15) is 11.5 Å². The number of ether oxygens (including phenoxy) is 2. The number of hydrogen-bond donors (Lipinski definition) is 0. The monoisotopic (exact) mass is 387 g/mol. The minimum absolute atomic E-state index is 0.0807. The molecule has 2 aromatic rings. The van der Waals surface area contributed by atoms with Gasteiger partial charge in [-0.25, -0.2) is 13.4 Å². The molecule has 0 unspecified atom stereocenters. The lowest BCUT2D eigenvalue weighted by Gasteiger charge is -2.32. The Balaban J connectivity index is 1.51. The molecule has 5 rings (SSSR count). The first kappa shape index (κ1) is 16.5. The summed E-state index contributed by atoms with van der Waals surface area (Å²) >= 11 is 0. The topological polar surface area (TPSA) is 89.0 Å². The molecule has 2 atom stereocenters. The molecule has 0 N–H and O–H groups in total. The van der Waals surface area contributed by atoms with E-state index in [0.29, 0.717) is 17.3 Å². The number of benzene rings is 1. The zero-order valence-corrected chi connectivity index (χ0v) is 15.3. The second-order valence-corrected chi connectivity index (χ2v) is 8.80. The van der Waals surface area contributed by atoms with Gasteiger partial charge in [-0.2, -0.15) is 4.31 Å². The van der Waals surface area contributed by atoms with Crippen molar-refractivity contribution in [2.75, 3.05) is 31.8 Å². The molecule has 1 amide bonds. The van der Waals surface area contributed by atoms with Crippen molar-refractivity contribution in [3.63, 3.8) is 0 Å². The van der Waals surface area contributed by atoms with Crippen molar-refractivity contribution in [2.45, 2.75) is 10.8 Å². The Labute approximate surface area is 156 Å². The van der Waals surface area contributed by atoms with E-state index in [4.69, 9.17) is 9.47 Å². The fourth-order valence-electron chi connectivity index (χ4n) is 4.05. The first-order valence-corrected chi connectivity index (χ1v) is 10.0. The van der Waals surface area contributed by atoms with Crippen LogP contribution in [0.5, 0.6) is 11.5 Å². The van der Waals surface area contributed by atoms with Crippen LogP contribution in [-0.4, -0.2) is 50.5 Å². The highest BCUT2D eigenvalue weighted by Crippen LogP contribution is 2.44. The van der Waals surface area contributed by atoms with E-state index in [0.717, 1.165) is 5.56 Å². The van der Waals surface area contributed by atoms with Crippen LogP contribution in [0.4, 0.5) is 5.82 Å². The number of carbonyl (C=O) groups is 1. The molecule has 3 aliphatic heterocycles. The van der Waals surface area contributed by atoms with Crippen molar-refractivity contribution in [3.8, 4) is 11.5 Å². The standard InChI is InChI=1S/C18H17N3O5S/c1-20-17-12(3-2-6-19-17)13-8-21(9-14(13)18(20)22)27(23,24)11-4-5-15-16(7-11)26-10-25-15/h2-7,13-14H,8-10H2,1H3/t13-,14-/m1/s1. The highest BCUT2D eigenvalue weighted by Gasteiger charge is 2.48. The number of sulfonamides is 1. The van der Waals surface area contributed by atoms with Gasteiger partial charge in [-0.1, -0.05) is 6.07 Å². The molecule has 0 spiro atoms. The van der Waals surface area contributed by atoms with Crippen LogP contribution in [0.2, 0.25) is 0 Å². The first-order valence-electron chi connectivity index (χ1n) is 8.59. The number of amides is 1. The van der Waals surface area contributed by atoms with Gasteiger partial charge >= 0.3 is 0 Å². The van der Waals surface area contributed by atoms with Gasteiger partial charge in [0, 0.05) is 43.9 Å². The van der Waals surface area contributed by atoms with Gasteiger partial charge in [0.05, 0.1) is 10.8 Å². The van der Waals surface area contributed by atoms with Crippen molar-refractivity contribution < 1.29 is 22.7 Å². The van der Waals surface area contributed by atoms with Crippen molar-refractivity contribution >= 4 is 21.7 Å². The van der Waals surface area contributed by atoms with Gasteiger partial charge in [0.2, 0.25) is 22.7 Å². The predicted octanol–water partition coefficient (Wildman–Crippen LogP) is 1.19. The van der Waals surface area contributed by atoms with Crippen LogP contribution in [0.3, 0.4) is 0 Å². The summed E-state index contributed by atoms with van der Waals surface area (Å²) in [7, 11) is -2.08. The number of aromatic nitrogens is 1. The number of hydrogen-bond acceptors (Lipinski definition) is 6. The predicted molar refractivity (Wildman–Crippen MR) is 95.2 cm³/mol. The van der Waals surface area contributed by atoms with E-state index in [-0.39, 0.29) is 36.6 Å². The number of fused-ring (bicyclic) bond motifs is 4. The molecule has 8 nitrogen and oxygen atoms in total. The molecule has 4 heterocycles. The Hall–Kier alpha value is -2.65. The molecule has 9 heteroatoms. The smallest absolute Gasteiger partial charge is 0.243 e. The summed E-state index contributed by atoms with van der Waals surface area (Å²) in [5.41, 5.74) is 0.910. The SMILES string of the molecule is CN1C(=O)[C@@H]2CN(S(=O)(=O)c3ccc4c(c3)OCO4)C[C@@H]2c2cccnc21. The van der Waals surface area contributed by atoms with E-state index < -0.39 is 15.9 Å². The average molecular weight is 387 g/mol. The summed E-state index contributed by atoms with van der Waals surface area (Å²) < 4.78 is 38.3. The van der Waals surface area contributed by atoms with E-state index in [1.807, 2.05) is 12.1 Å². The summed E-state index contributed by atoms with van der Waals surface area (Å²) in [6.45, 7) is 0.482. The molecule has 3 aliphatic rings. The van der Waals surface area contributed by atoms with Crippen LogP contribution in [-0.2, 0) is 14.8 Å². The fraction of sp³-hybridized carbons (Fsp3) is 0.333. The minimum atomic E-state index is -3.76. The molecule has 1 saturated heterocycles. The summed E-state index contributed by atoms with van der Waals surface area (Å²) in [6.07, 6.45) is 1.64. The highest BCUT2D eigenvalue weighted by molar-refractivity contribution is 7.89. The molecule has 1 aromatic carbocycles. The molecule has 0 bridgehead atoms. The normalized spacial score (nSPS) is 24.0. The second-order valence-electron chi connectivity index (χ2n) is 6.86. The molecular weight excluding hydrogens is 370 g/mol. The quantitative estimate of drug-likeness (QED) is 0.769. The summed E-state index contributed by atoms with van der Waals surface area (Å²) in [6, 6.07) is 8.31. The molecule has 0 aliphatic carbocycles. The number of nitrogens with zero attached hydrogens (tertiary/aromatic N) is 3. The zero-order chi connectivity index (χ0) is 18.8. The maximum atomic E-state index is 13.2. The lowest BCUT2D eigenvalue weighted by Crippen LogP contribution is -2.41. The number of rotatable bonds is 2. The van der Waals surface area contributed by atoms with Gasteiger partial charge in [-0.05, 0) is 18.2 Å². The zero-order valence-electron chi connectivity index (χ0n) is 14.5. The van der Waals surface area contributed by atoms with Crippen molar-refractivity contribution in [2.24, 2.45) is 5.92 Å². The van der Waals surface area contributed by atoms with Gasteiger partial charge in [0.15, 0.2) is 11.5 Å². The Morgan fingerprint density at radius 3 is 2.74 bits per heavy atom. The van der Waals surface area contributed by atoms with E-state index >= 15 is 0 Å². The third-order valence-corrected chi connectivity index (χ3v) is 7.28. The molecular formula is C18H17N3O5S. The number of pyridine rings is 1. The number of carbonyl (C=O) groups excluding carboxylic acids is 1. The molecule has 1 aromatic heterocycles. The molecule has 0 saturated carbocycles. The van der Waals surface area contributed by atoms with Gasteiger partial charge in [-0.3, -0.25) is 9.69 Å². The van der Waals surface area contributed by atoms with Crippen LogP contribution < -0.4 is 14.4 Å². The fourth-order valence-corrected chi connectivity index (χ4v) is 5.56. The highest BCUT2D eigenvalue weighted by atomic mass is 32.2. The van der Waals surface area contributed by atoms with Gasteiger partial charge in [0.1, 0.15) is 5.82 Å². The van der Waals surface area contributed by atoms with Gasteiger partial charge in [-0.15, -0.1) is 0 Å². The lowest BCUT2D eigenvalue weighted by atomic mass is 9.85. The van der Waals surface area contributed by atoms with E-state index in [9.17, 15) is 13.2 Å². The average Bonchev–Trinajstić information content (AvgIpc) is 3.33. The molecule has 140 valence electrons. The van der Waals surface area contributed by atoms with Gasteiger partial charge in [0.25, 0.3) is 0 Å². The Bertz CT molecular complexity index is 1050. The largest absolute Gasteiger partial charge is 0.454 e. The Kier molecular flexibility index (Phi) is 3.47. The first-order chi connectivity index (χ1) is 13.0. The van der Waals surface area contributed by atoms with Crippen LogP contribution in [0, 0.1) is 5.92 Å². The summed E-state index contributed by atoms with van der Waals surface area (Å²) in [4.78, 5) is 18.7. The summed E-state index contributed by atoms with van der Waals surface area (Å²) in [5, 5.41) is 0. The van der Waals surface area contributed by atoms with Crippen molar-refractivity contribution in [1.82, 2.24) is 9.29 Å².